The summed E-state index contributed by atoms with van der Waals surface area (Å²) in [4.78, 5) is 30.3. The van der Waals surface area contributed by atoms with Crippen molar-refractivity contribution < 1.29 is 4.79 Å². The molecule has 4 aromatic rings. The number of hydrogen-bond acceptors (Lipinski definition) is 5. The standard InChI is InChI=1S/C24H15ClN4O2S/c25-19-8-4-5-9-20(19)28-22(30)18(15-26)24-29(17-6-2-1-3-7-17)23(31)21(32-24)14-16-10-12-27-13-11-16/h1-14H,(H,28,30). The second kappa shape index (κ2) is 9.43. The van der Waals surface area contributed by atoms with Gasteiger partial charge in [-0.05, 0) is 48.0 Å². The maximum absolute atomic E-state index is 13.3. The Kier molecular flexibility index (Phi) is 6.26. The lowest BCUT2D eigenvalue weighted by atomic mass is 10.2. The van der Waals surface area contributed by atoms with Crippen LogP contribution >= 0.6 is 22.9 Å². The molecule has 0 aliphatic heterocycles. The van der Waals surface area contributed by atoms with E-state index in [1.54, 1.807) is 79.1 Å². The smallest absolute Gasteiger partial charge is 0.273 e. The molecule has 32 heavy (non-hydrogen) atoms. The van der Waals surface area contributed by atoms with E-state index in [0.717, 1.165) is 16.9 Å². The van der Waals surface area contributed by atoms with Crippen LogP contribution in [0.1, 0.15) is 5.56 Å². The summed E-state index contributed by atoms with van der Waals surface area (Å²) in [7, 11) is 0. The number of thiazole rings is 1. The van der Waals surface area contributed by atoms with Crippen molar-refractivity contribution in [3.05, 3.63) is 109 Å². The molecule has 0 atom stereocenters. The normalized spacial score (nSPS) is 12.2. The topological polar surface area (TPSA) is 87.8 Å². The Bertz CT molecular complexity index is 1500. The van der Waals surface area contributed by atoms with Gasteiger partial charge in [0.25, 0.3) is 11.5 Å². The lowest BCUT2D eigenvalue weighted by molar-refractivity contribution is -0.111. The molecule has 0 fully saturated rings. The molecule has 8 heteroatoms. The number of aromatic nitrogens is 2. The maximum atomic E-state index is 13.3. The molecule has 2 aromatic heterocycles. The molecular weight excluding hydrogens is 444 g/mol. The number of carbonyl (C=O) groups is 1. The molecule has 156 valence electrons. The number of halogens is 1. The summed E-state index contributed by atoms with van der Waals surface area (Å²) < 4.78 is 1.99. The van der Waals surface area contributed by atoms with E-state index in [4.69, 9.17) is 11.6 Å². The average Bonchev–Trinajstić information content (AvgIpc) is 3.12. The van der Waals surface area contributed by atoms with Crippen molar-refractivity contribution in [3.8, 4) is 11.8 Å². The highest BCUT2D eigenvalue weighted by Crippen LogP contribution is 2.21. The maximum Gasteiger partial charge on any atom is 0.273 e. The highest BCUT2D eigenvalue weighted by atomic mass is 35.5. The molecule has 6 nitrogen and oxygen atoms in total. The first kappa shape index (κ1) is 21.2. The Morgan fingerprint density at radius 1 is 1.06 bits per heavy atom. The van der Waals surface area contributed by atoms with Crippen molar-refractivity contribution in [3.63, 3.8) is 0 Å². The van der Waals surface area contributed by atoms with Crippen LogP contribution in [0.2, 0.25) is 5.02 Å². The molecule has 0 radical (unpaired) electrons. The van der Waals surface area contributed by atoms with Crippen molar-refractivity contribution >= 4 is 46.2 Å². The zero-order chi connectivity index (χ0) is 22.5. The number of carbonyl (C=O) groups excluding carboxylic acids is 1. The van der Waals surface area contributed by atoms with E-state index in [1.165, 1.54) is 4.57 Å². The van der Waals surface area contributed by atoms with Gasteiger partial charge in [-0.3, -0.25) is 19.1 Å². The van der Waals surface area contributed by atoms with Crippen LogP contribution in [-0.4, -0.2) is 15.5 Å². The minimum atomic E-state index is -0.651. The van der Waals surface area contributed by atoms with E-state index in [1.807, 2.05) is 12.1 Å². The van der Waals surface area contributed by atoms with Crippen LogP contribution in [0.5, 0.6) is 0 Å². The van der Waals surface area contributed by atoms with Gasteiger partial charge in [-0.15, -0.1) is 11.3 Å². The average molecular weight is 459 g/mol. The summed E-state index contributed by atoms with van der Waals surface area (Å²) in [5.41, 5.74) is 1.19. The number of anilines is 1. The fourth-order valence-electron chi connectivity index (χ4n) is 3.02. The summed E-state index contributed by atoms with van der Waals surface area (Å²) in [5, 5.41) is 12.9. The molecule has 2 aromatic carbocycles. The van der Waals surface area contributed by atoms with Crippen LogP contribution < -0.4 is 20.1 Å². The van der Waals surface area contributed by atoms with E-state index in [9.17, 15) is 14.9 Å². The number of amides is 1. The summed E-state index contributed by atoms with van der Waals surface area (Å²) in [6.45, 7) is 0. The largest absolute Gasteiger partial charge is 0.320 e. The Morgan fingerprint density at radius 3 is 2.44 bits per heavy atom. The first-order valence-electron chi connectivity index (χ1n) is 9.48. The molecule has 0 aliphatic carbocycles. The molecule has 0 spiro atoms. The van der Waals surface area contributed by atoms with Gasteiger partial charge in [0.2, 0.25) is 0 Å². The summed E-state index contributed by atoms with van der Waals surface area (Å²) in [6.07, 6.45) is 4.96. The Hall–Kier alpha value is -3.99. The van der Waals surface area contributed by atoms with Gasteiger partial charge in [0.05, 0.1) is 20.9 Å². The summed E-state index contributed by atoms with van der Waals surface area (Å²) in [6, 6.07) is 21.1. The van der Waals surface area contributed by atoms with E-state index >= 15 is 0 Å². The number of hydrogen-bond donors (Lipinski definition) is 1. The van der Waals surface area contributed by atoms with Gasteiger partial charge in [-0.1, -0.05) is 41.9 Å². The van der Waals surface area contributed by atoms with Gasteiger partial charge in [-0.2, -0.15) is 5.26 Å². The highest BCUT2D eigenvalue weighted by molar-refractivity contribution is 7.07. The second-order valence-electron chi connectivity index (χ2n) is 6.59. The second-order valence-corrected chi connectivity index (χ2v) is 8.03. The number of pyridine rings is 1. The van der Waals surface area contributed by atoms with Crippen molar-refractivity contribution in [1.29, 1.82) is 5.26 Å². The highest BCUT2D eigenvalue weighted by Gasteiger charge is 2.18. The SMILES string of the molecule is N#CC(C(=O)Nc1ccccc1Cl)=c1sc(=Cc2ccncc2)c(=O)n1-c1ccccc1. The molecule has 0 saturated heterocycles. The Morgan fingerprint density at radius 2 is 1.75 bits per heavy atom. The summed E-state index contributed by atoms with van der Waals surface area (Å²) in [5.74, 6) is -0.651. The number of nitrogens with one attached hydrogen (secondary N) is 1. The Balaban J connectivity index is 1.96. The van der Waals surface area contributed by atoms with E-state index < -0.39 is 5.91 Å². The number of nitriles is 1. The third-order valence-electron chi connectivity index (χ3n) is 4.52. The van der Waals surface area contributed by atoms with Crippen LogP contribution in [0.3, 0.4) is 0 Å². The van der Waals surface area contributed by atoms with E-state index in [2.05, 4.69) is 10.3 Å². The Labute approximate surface area is 192 Å². The van der Waals surface area contributed by atoms with Crippen LogP contribution in [0.15, 0.2) is 83.9 Å². The minimum Gasteiger partial charge on any atom is -0.320 e. The first-order valence-corrected chi connectivity index (χ1v) is 10.7. The van der Waals surface area contributed by atoms with Crippen LogP contribution in [0, 0.1) is 11.3 Å². The fourth-order valence-corrected chi connectivity index (χ4v) is 4.30. The van der Waals surface area contributed by atoms with Crippen molar-refractivity contribution in [2.75, 3.05) is 5.32 Å². The quantitative estimate of drug-likeness (QED) is 0.509. The molecule has 0 unspecified atom stereocenters. The number of rotatable bonds is 4. The van der Waals surface area contributed by atoms with Crippen molar-refractivity contribution in [2.45, 2.75) is 0 Å². The molecule has 2 heterocycles. The molecule has 0 aliphatic rings. The van der Waals surface area contributed by atoms with Gasteiger partial charge < -0.3 is 5.32 Å². The fraction of sp³-hybridized carbons (Fsp3) is 0. The van der Waals surface area contributed by atoms with Crippen molar-refractivity contribution in [2.24, 2.45) is 0 Å². The zero-order valence-corrected chi connectivity index (χ0v) is 18.1. The number of benzene rings is 2. The number of para-hydroxylation sites is 2. The third kappa shape index (κ3) is 4.37. The van der Waals surface area contributed by atoms with E-state index in [0.29, 0.717) is 20.9 Å². The van der Waals surface area contributed by atoms with Crippen LogP contribution in [-0.2, 0) is 4.79 Å². The molecule has 0 saturated carbocycles. The van der Waals surface area contributed by atoms with Gasteiger partial charge in [0, 0.05) is 12.4 Å². The monoisotopic (exact) mass is 458 g/mol. The molecule has 1 N–H and O–H groups in total. The van der Waals surface area contributed by atoms with Gasteiger partial charge in [0.1, 0.15) is 10.7 Å². The molecular formula is C24H15ClN4O2S. The van der Waals surface area contributed by atoms with Crippen LogP contribution in [0.25, 0.3) is 17.3 Å². The lowest BCUT2D eigenvalue weighted by Crippen LogP contribution is -2.32. The van der Waals surface area contributed by atoms with Crippen molar-refractivity contribution in [1.82, 2.24) is 9.55 Å². The zero-order valence-electron chi connectivity index (χ0n) is 16.5. The van der Waals surface area contributed by atoms with E-state index in [-0.39, 0.29) is 15.8 Å². The van der Waals surface area contributed by atoms with Crippen LogP contribution in [0.4, 0.5) is 5.69 Å². The first-order chi connectivity index (χ1) is 15.6. The number of nitrogens with zero attached hydrogens (tertiary/aromatic N) is 3. The van der Waals surface area contributed by atoms with Gasteiger partial charge in [0.15, 0.2) is 5.57 Å². The van der Waals surface area contributed by atoms with Gasteiger partial charge >= 0.3 is 0 Å². The third-order valence-corrected chi connectivity index (χ3v) is 5.94. The molecule has 4 rings (SSSR count). The summed E-state index contributed by atoms with van der Waals surface area (Å²) >= 11 is 7.21. The predicted molar refractivity (Wildman–Crippen MR) is 126 cm³/mol. The molecule has 1 amide bonds. The molecule has 0 bridgehead atoms. The predicted octanol–water partition coefficient (Wildman–Crippen LogP) is 3.09. The van der Waals surface area contributed by atoms with Gasteiger partial charge in [-0.25, -0.2) is 0 Å². The lowest BCUT2D eigenvalue weighted by Gasteiger charge is -2.07. The minimum absolute atomic E-state index is 0.190.